The second-order valence-corrected chi connectivity index (χ2v) is 5.80. The Kier molecular flexibility index (Phi) is 4.25. The number of hydrogen-bond donors (Lipinski definition) is 2. The molecule has 1 aliphatic rings. The van der Waals surface area contributed by atoms with Gasteiger partial charge < -0.3 is 15.2 Å². The fourth-order valence-electron chi connectivity index (χ4n) is 2.99. The molecule has 0 aliphatic carbocycles. The highest BCUT2D eigenvalue weighted by Gasteiger charge is 2.36. The minimum Gasteiger partial charge on any atom is -0.481 e. The number of hydrogen-bond acceptors (Lipinski definition) is 4. The largest absolute Gasteiger partial charge is 0.481 e. The van der Waals surface area contributed by atoms with Crippen molar-refractivity contribution in [2.24, 2.45) is 0 Å². The Morgan fingerprint density at radius 2 is 1.96 bits per heavy atom. The highest BCUT2D eigenvalue weighted by atomic mass is 16.5. The molecule has 0 saturated carbocycles. The molecule has 0 radical (unpaired) electrons. The molecule has 0 bridgehead atoms. The molecule has 1 aromatic heterocycles. The summed E-state index contributed by atoms with van der Waals surface area (Å²) in [7, 11) is 0. The van der Waals surface area contributed by atoms with Gasteiger partial charge in [-0.25, -0.2) is 0 Å². The van der Waals surface area contributed by atoms with Gasteiger partial charge in [-0.3, -0.25) is 14.6 Å². The van der Waals surface area contributed by atoms with Crippen LogP contribution in [0.15, 0.2) is 36.5 Å². The van der Waals surface area contributed by atoms with Gasteiger partial charge >= 0.3 is 5.97 Å². The Hall–Kier alpha value is -2.47. The predicted octanol–water partition coefficient (Wildman–Crippen LogP) is 1.99. The third kappa shape index (κ3) is 3.32. The number of carbonyl (C=O) groups is 2. The zero-order valence-electron chi connectivity index (χ0n) is 12.6. The summed E-state index contributed by atoms with van der Waals surface area (Å²) in [5, 5.41) is 13.0. The van der Waals surface area contributed by atoms with Gasteiger partial charge in [0, 0.05) is 24.8 Å². The smallest absolute Gasteiger partial charge is 0.305 e. The van der Waals surface area contributed by atoms with Gasteiger partial charge in [-0.05, 0) is 25.0 Å². The van der Waals surface area contributed by atoms with Crippen molar-refractivity contribution in [3.63, 3.8) is 0 Å². The van der Waals surface area contributed by atoms with Gasteiger partial charge in [0.15, 0.2) is 0 Å². The molecule has 6 heteroatoms. The van der Waals surface area contributed by atoms with Gasteiger partial charge in [-0.15, -0.1) is 0 Å². The van der Waals surface area contributed by atoms with Gasteiger partial charge in [0.25, 0.3) is 5.91 Å². The second-order valence-electron chi connectivity index (χ2n) is 5.80. The van der Waals surface area contributed by atoms with E-state index in [1.165, 1.54) is 0 Å². The fourth-order valence-corrected chi connectivity index (χ4v) is 2.99. The lowest BCUT2D eigenvalue weighted by Gasteiger charge is -2.36. The average Bonchev–Trinajstić information content (AvgIpc) is 2.54. The van der Waals surface area contributed by atoms with Crippen LogP contribution in [0.3, 0.4) is 0 Å². The topological polar surface area (TPSA) is 88.5 Å². The summed E-state index contributed by atoms with van der Waals surface area (Å²) in [6.45, 7) is 0.892. The lowest BCUT2D eigenvalue weighted by Crippen LogP contribution is -2.53. The monoisotopic (exact) mass is 314 g/mol. The number of carboxylic acid groups (broad SMARTS) is 1. The lowest BCUT2D eigenvalue weighted by atomic mass is 9.86. The number of nitrogens with one attached hydrogen (secondary N) is 1. The number of carboxylic acids is 1. The van der Waals surface area contributed by atoms with E-state index in [1.54, 1.807) is 18.3 Å². The van der Waals surface area contributed by atoms with Gasteiger partial charge in [-0.1, -0.05) is 18.2 Å². The van der Waals surface area contributed by atoms with E-state index in [0.29, 0.717) is 37.1 Å². The number of rotatable bonds is 4. The molecule has 1 fully saturated rings. The summed E-state index contributed by atoms with van der Waals surface area (Å²) in [4.78, 5) is 28.2. The molecule has 1 aromatic carbocycles. The number of para-hydroxylation sites is 1. The summed E-state index contributed by atoms with van der Waals surface area (Å²) >= 11 is 0. The van der Waals surface area contributed by atoms with Crippen molar-refractivity contribution in [1.29, 1.82) is 0 Å². The first-order valence-corrected chi connectivity index (χ1v) is 7.55. The van der Waals surface area contributed by atoms with E-state index in [4.69, 9.17) is 4.74 Å². The van der Waals surface area contributed by atoms with Gasteiger partial charge in [0.05, 0.1) is 23.0 Å². The number of carbonyl (C=O) groups excluding carboxylic acids is 1. The van der Waals surface area contributed by atoms with Crippen LogP contribution in [0.25, 0.3) is 10.9 Å². The molecule has 1 amide bonds. The van der Waals surface area contributed by atoms with E-state index in [9.17, 15) is 14.7 Å². The maximum Gasteiger partial charge on any atom is 0.305 e. The van der Waals surface area contributed by atoms with Crippen LogP contribution < -0.4 is 5.32 Å². The zero-order valence-corrected chi connectivity index (χ0v) is 12.6. The normalized spacial score (nSPS) is 16.9. The van der Waals surface area contributed by atoms with Crippen LogP contribution >= 0.6 is 0 Å². The molecule has 0 atom stereocenters. The van der Waals surface area contributed by atoms with E-state index in [1.807, 2.05) is 18.2 Å². The molecule has 2 N–H and O–H groups in total. The van der Waals surface area contributed by atoms with Crippen LogP contribution in [0.2, 0.25) is 0 Å². The Morgan fingerprint density at radius 3 is 2.70 bits per heavy atom. The quantitative estimate of drug-likeness (QED) is 0.901. The van der Waals surface area contributed by atoms with Crippen molar-refractivity contribution in [1.82, 2.24) is 10.3 Å². The lowest BCUT2D eigenvalue weighted by molar-refractivity contribution is -0.139. The molecule has 1 aliphatic heterocycles. The number of aliphatic carboxylic acids is 1. The SMILES string of the molecule is O=C(O)CC1(NC(=O)c2cccc3cccnc23)CCOCC1. The molecule has 2 heterocycles. The molecular formula is C17H18N2O4. The Balaban J connectivity index is 1.90. The van der Waals surface area contributed by atoms with Crippen LogP contribution in [-0.2, 0) is 9.53 Å². The fraction of sp³-hybridized carbons (Fsp3) is 0.353. The van der Waals surface area contributed by atoms with Crippen molar-refractivity contribution < 1.29 is 19.4 Å². The summed E-state index contributed by atoms with van der Waals surface area (Å²) < 4.78 is 5.31. The van der Waals surface area contributed by atoms with Gasteiger partial charge in [0.1, 0.15) is 0 Å². The van der Waals surface area contributed by atoms with Crippen molar-refractivity contribution >= 4 is 22.8 Å². The minimum atomic E-state index is -0.928. The molecule has 23 heavy (non-hydrogen) atoms. The number of aromatic nitrogens is 1. The number of nitrogens with zero attached hydrogens (tertiary/aromatic N) is 1. The van der Waals surface area contributed by atoms with Crippen LogP contribution in [0.4, 0.5) is 0 Å². The summed E-state index contributed by atoms with van der Waals surface area (Å²) in [5.74, 6) is -1.22. The zero-order chi connectivity index (χ0) is 16.3. The number of fused-ring (bicyclic) bond motifs is 1. The predicted molar refractivity (Wildman–Crippen MR) is 84.2 cm³/mol. The van der Waals surface area contributed by atoms with Crippen molar-refractivity contribution in [3.8, 4) is 0 Å². The van der Waals surface area contributed by atoms with Crippen molar-refractivity contribution in [3.05, 3.63) is 42.1 Å². The van der Waals surface area contributed by atoms with Crippen LogP contribution in [0.5, 0.6) is 0 Å². The van der Waals surface area contributed by atoms with E-state index < -0.39 is 11.5 Å². The molecule has 3 rings (SSSR count). The Labute approximate surface area is 133 Å². The highest BCUT2D eigenvalue weighted by Crippen LogP contribution is 2.26. The van der Waals surface area contributed by atoms with Crippen LogP contribution in [0, 0.1) is 0 Å². The first-order chi connectivity index (χ1) is 11.1. The number of pyridine rings is 1. The van der Waals surface area contributed by atoms with Crippen LogP contribution in [0.1, 0.15) is 29.6 Å². The van der Waals surface area contributed by atoms with Crippen LogP contribution in [-0.4, -0.2) is 40.7 Å². The summed E-state index contributed by atoms with van der Waals surface area (Å²) in [6, 6.07) is 9.10. The molecule has 1 saturated heterocycles. The molecule has 0 unspecified atom stereocenters. The number of ether oxygens (including phenoxy) is 1. The molecule has 0 spiro atoms. The number of benzene rings is 1. The van der Waals surface area contributed by atoms with E-state index in [2.05, 4.69) is 10.3 Å². The minimum absolute atomic E-state index is 0.111. The van der Waals surface area contributed by atoms with Crippen molar-refractivity contribution in [2.45, 2.75) is 24.8 Å². The molecule has 6 nitrogen and oxygen atoms in total. The standard InChI is InChI=1S/C17H18N2O4/c20-14(21)11-17(6-9-23-10-7-17)19-16(22)13-5-1-3-12-4-2-8-18-15(12)13/h1-5,8H,6-7,9-11H2,(H,19,22)(H,20,21). The maximum atomic E-state index is 12.7. The van der Waals surface area contributed by atoms with E-state index >= 15 is 0 Å². The van der Waals surface area contributed by atoms with E-state index in [0.717, 1.165) is 5.39 Å². The van der Waals surface area contributed by atoms with Gasteiger partial charge in [0.2, 0.25) is 0 Å². The third-order valence-electron chi connectivity index (χ3n) is 4.20. The maximum absolute atomic E-state index is 12.7. The summed E-state index contributed by atoms with van der Waals surface area (Å²) in [5.41, 5.74) is 0.308. The third-order valence-corrected chi connectivity index (χ3v) is 4.20. The molecule has 120 valence electrons. The Morgan fingerprint density at radius 1 is 1.22 bits per heavy atom. The molecular weight excluding hydrogens is 296 g/mol. The number of amides is 1. The van der Waals surface area contributed by atoms with E-state index in [-0.39, 0.29) is 12.3 Å². The second kappa shape index (κ2) is 6.34. The first kappa shape index (κ1) is 15.4. The highest BCUT2D eigenvalue weighted by molar-refractivity contribution is 6.05. The Bertz CT molecular complexity index is 733. The van der Waals surface area contributed by atoms with Crippen molar-refractivity contribution in [2.75, 3.05) is 13.2 Å². The summed E-state index contributed by atoms with van der Waals surface area (Å²) in [6.07, 6.45) is 2.51. The molecule has 2 aromatic rings. The first-order valence-electron chi connectivity index (χ1n) is 7.55. The average molecular weight is 314 g/mol. The van der Waals surface area contributed by atoms with Gasteiger partial charge in [-0.2, -0.15) is 0 Å².